The van der Waals surface area contributed by atoms with Gasteiger partial charge in [-0.3, -0.25) is 14.2 Å². The largest absolute Gasteiger partial charge is 0.349 e. The normalized spacial score (nSPS) is 16.8. The fraction of sp³-hybridized carbons (Fsp3) is 0.556. The van der Waals surface area contributed by atoms with Crippen molar-refractivity contribution in [3.63, 3.8) is 0 Å². The van der Waals surface area contributed by atoms with E-state index in [0.29, 0.717) is 25.8 Å². The summed E-state index contributed by atoms with van der Waals surface area (Å²) in [5, 5.41) is 7.20. The highest BCUT2D eigenvalue weighted by molar-refractivity contribution is 5.94. The minimum absolute atomic E-state index is 0.0928. The first-order chi connectivity index (χ1) is 12.3. The van der Waals surface area contributed by atoms with E-state index in [0.717, 1.165) is 23.5 Å². The fourth-order valence-electron chi connectivity index (χ4n) is 3.71. The molecule has 8 nitrogen and oxygen atoms in total. The van der Waals surface area contributed by atoms with Crippen LogP contribution in [0.25, 0.3) is 0 Å². The SMILES string of the molecule is CCc1c(C)cc(C(=O)NC2CCc3nn(C)c(=O)n3CC2)c(=O)n1C. The van der Waals surface area contributed by atoms with Gasteiger partial charge in [0.05, 0.1) is 0 Å². The zero-order chi connectivity index (χ0) is 19.0. The number of carbonyl (C=O) groups is 1. The van der Waals surface area contributed by atoms with Gasteiger partial charge in [0.15, 0.2) is 0 Å². The van der Waals surface area contributed by atoms with Crippen molar-refractivity contribution in [2.75, 3.05) is 0 Å². The topological polar surface area (TPSA) is 90.9 Å². The number of pyridine rings is 1. The van der Waals surface area contributed by atoms with Gasteiger partial charge in [0, 0.05) is 38.8 Å². The number of aryl methyl sites for hydroxylation is 3. The first kappa shape index (κ1) is 18.2. The van der Waals surface area contributed by atoms with E-state index in [1.54, 1.807) is 29.3 Å². The van der Waals surface area contributed by atoms with Crippen molar-refractivity contribution in [1.82, 2.24) is 24.2 Å². The highest BCUT2D eigenvalue weighted by Gasteiger charge is 2.23. The molecule has 26 heavy (non-hydrogen) atoms. The molecule has 1 amide bonds. The lowest BCUT2D eigenvalue weighted by Gasteiger charge is -2.17. The molecule has 0 aliphatic carbocycles. The molecule has 0 fully saturated rings. The lowest BCUT2D eigenvalue weighted by Crippen LogP contribution is -2.39. The van der Waals surface area contributed by atoms with E-state index < -0.39 is 0 Å². The molecule has 1 N–H and O–H groups in total. The summed E-state index contributed by atoms with van der Waals surface area (Å²) in [5.41, 5.74) is 1.62. The van der Waals surface area contributed by atoms with Crippen LogP contribution in [-0.4, -0.2) is 30.9 Å². The van der Waals surface area contributed by atoms with Crippen molar-refractivity contribution in [3.8, 4) is 0 Å². The molecule has 0 saturated heterocycles. The Morgan fingerprint density at radius 2 is 2.04 bits per heavy atom. The van der Waals surface area contributed by atoms with Crippen LogP contribution in [0.15, 0.2) is 15.7 Å². The van der Waals surface area contributed by atoms with Crippen LogP contribution in [0.2, 0.25) is 0 Å². The summed E-state index contributed by atoms with van der Waals surface area (Å²) in [6.07, 6.45) is 2.68. The summed E-state index contributed by atoms with van der Waals surface area (Å²) in [7, 11) is 3.34. The van der Waals surface area contributed by atoms with E-state index in [2.05, 4.69) is 10.4 Å². The molecule has 8 heteroatoms. The van der Waals surface area contributed by atoms with Gasteiger partial charge < -0.3 is 9.88 Å². The van der Waals surface area contributed by atoms with Crippen LogP contribution in [0.4, 0.5) is 0 Å². The van der Waals surface area contributed by atoms with Gasteiger partial charge in [-0.05, 0) is 37.8 Å². The van der Waals surface area contributed by atoms with Crippen molar-refractivity contribution in [3.05, 3.63) is 49.5 Å². The molecule has 1 aliphatic rings. The lowest BCUT2D eigenvalue weighted by atomic mass is 10.1. The Morgan fingerprint density at radius 3 is 2.73 bits per heavy atom. The summed E-state index contributed by atoms with van der Waals surface area (Å²) in [6, 6.07) is 1.58. The summed E-state index contributed by atoms with van der Waals surface area (Å²) in [4.78, 5) is 37.2. The van der Waals surface area contributed by atoms with Gasteiger partial charge in [0.1, 0.15) is 11.4 Å². The summed E-state index contributed by atoms with van der Waals surface area (Å²) in [6.45, 7) is 4.41. The molecule has 0 aromatic carbocycles. The van der Waals surface area contributed by atoms with Gasteiger partial charge in [0.25, 0.3) is 11.5 Å². The number of fused-ring (bicyclic) bond motifs is 1. The van der Waals surface area contributed by atoms with Gasteiger partial charge in [-0.1, -0.05) is 6.92 Å². The molecule has 0 radical (unpaired) electrons. The van der Waals surface area contributed by atoms with Crippen LogP contribution < -0.4 is 16.6 Å². The Bertz CT molecular complexity index is 966. The first-order valence-corrected chi connectivity index (χ1v) is 8.96. The van der Waals surface area contributed by atoms with Crippen molar-refractivity contribution >= 4 is 5.91 Å². The number of amides is 1. The predicted octanol–water partition coefficient (Wildman–Crippen LogP) is 0.286. The van der Waals surface area contributed by atoms with E-state index in [-0.39, 0.29) is 28.8 Å². The molecule has 0 bridgehead atoms. The average molecular weight is 359 g/mol. The molecular weight excluding hydrogens is 334 g/mol. The van der Waals surface area contributed by atoms with Gasteiger partial charge in [-0.15, -0.1) is 0 Å². The summed E-state index contributed by atoms with van der Waals surface area (Å²) >= 11 is 0. The molecule has 1 unspecified atom stereocenters. The van der Waals surface area contributed by atoms with Gasteiger partial charge in [-0.25, -0.2) is 9.48 Å². The van der Waals surface area contributed by atoms with Crippen LogP contribution in [0.5, 0.6) is 0 Å². The summed E-state index contributed by atoms with van der Waals surface area (Å²) in [5.74, 6) is 0.391. The standard InChI is InChI=1S/C18H25N5O3/c1-5-14-11(2)10-13(17(25)21(14)3)16(24)19-12-6-7-15-20-22(4)18(26)23(15)9-8-12/h10,12H,5-9H2,1-4H3,(H,19,24). The molecule has 3 rings (SSSR count). The number of hydrogen-bond donors (Lipinski definition) is 1. The molecular formula is C18H25N5O3. The maximum absolute atomic E-state index is 12.7. The second-order valence-corrected chi connectivity index (χ2v) is 6.88. The highest BCUT2D eigenvalue weighted by atomic mass is 16.2. The third-order valence-corrected chi connectivity index (χ3v) is 5.17. The van der Waals surface area contributed by atoms with Crippen LogP contribution >= 0.6 is 0 Å². The second-order valence-electron chi connectivity index (χ2n) is 6.88. The molecule has 0 saturated carbocycles. The number of rotatable bonds is 3. The monoisotopic (exact) mass is 359 g/mol. The minimum atomic E-state index is -0.353. The maximum atomic E-state index is 12.7. The van der Waals surface area contributed by atoms with Crippen LogP contribution in [-0.2, 0) is 33.5 Å². The van der Waals surface area contributed by atoms with Crippen LogP contribution in [0.3, 0.4) is 0 Å². The van der Waals surface area contributed by atoms with E-state index in [1.807, 2.05) is 13.8 Å². The highest BCUT2D eigenvalue weighted by Crippen LogP contribution is 2.13. The van der Waals surface area contributed by atoms with Gasteiger partial charge >= 0.3 is 5.69 Å². The van der Waals surface area contributed by atoms with E-state index in [9.17, 15) is 14.4 Å². The van der Waals surface area contributed by atoms with Gasteiger partial charge in [0.2, 0.25) is 0 Å². The molecule has 2 aromatic rings. The van der Waals surface area contributed by atoms with Crippen molar-refractivity contribution in [2.24, 2.45) is 14.1 Å². The van der Waals surface area contributed by atoms with E-state index in [1.165, 1.54) is 4.68 Å². The van der Waals surface area contributed by atoms with Crippen molar-refractivity contribution in [1.29, 1.82) is 0 Å². The molecule has 140 valence electrons. The molecule has 2 aromatic heterocycles. The van der Waals surface area contributed by atoms with Crippen LogP contribution in [0.1, 0.15) is 47.2 Å². The Labute approximate surface area is 151 Å². The fourth-order valence-corrected chi connectivity index (χ4v) is 3.71. The first-order valence-electron chi connectivity index (χ1n) is 8.96. The maximum Gasteiger partial charge on any atom is 0.345 e. The number of carbonyl (C=O) groups excluding carboxylic acids is 1. The number of nitrogens with one attached hydrogen (secondary N) is 1. The number of hydrogen-bond acceptors (Lipinski definition) is 4. The zero-order valence-electron chi connectivity index (χ0n) is 15.7. The Kier molecular flexibility index (Phi) is 4.84. The average Bonchev–Trinajstić information content (AvgIpc) is 2.76. The Hall–Kier alpha value is -2.64. The smallest absolute Gasteiger partial charge is 0.345 e. The number of nitrogens with zero attached hydrogens (tertiary/aromatic N) is 4. The van der Waals surface area contributed by atoms with Crippen molar-refractivity contribution < 1.29 is 4.79 Å². The number of aromatic nitrogens is 4. The molecule has 0 spiro atoms. The van der Waals surface area contributed by atoms with E-state index >= 15 is 0 Å². The van der Waals surface area contributed by atoms with Crippen molar-refractivity contribution in [2.45, 2.75) is 52.1 Å². The van der Waals surface area contributed by atoms with E-state index in [4.69, 9.17) is 0 Å². The summed E-state index contributed by atoms with van der Waals surface area (Å²) < 4.78 is 4.55. The minimum Gasteiger partial charge on any atom is -0.349 e. The Balaban J connectivity index is 1.77. The predicted molar refractivity (Wildman–Crippen MR) is 97.5 cm³/mol. The third kappa shape index (κ3) is 3.11. The third-order valence-electron chi connectivity index (χ3n) is 5.17. The molecule has 3 heterocycles. The Morgan fingerprint density at radius 1 is 1.31 bits per heavy atom. The van der Waals surface area contributed by atoms with Crippen LogP contribution in [0, 0.1) is 6.92 Å². The quantitative estimate of drug-likeness (QED) is 0.853. The van der Waals surface area contributed by atoms with Gasteiger partial charge in [-0.2, -0.15) is 5.10 Å². The molecule has 1 aliphatic heterocycles. The zero-order valence-corrected chi connectivity index (χ0v) is 15.7. The lowest BCUT2D eigenvalue weighted by molar-refractivity contribution is 0.0930. The molecule has 1 atom stereocenters. The second kappa shape index (κ2) is 6.93.